The molecule has 1 aromatic rings. The Morgan fingerprint density at radius 3 is 2.59 bits per heavy atom. The number of carbonyl (C=O) groups excluding carboxylic acids is 1. The minimum atomic E-state index is -4.27. The van der Waals surface area contributed by atoms with Gasteiger partial charge in [0.15, 0.2) is 5.82 Å². The average molecular weight is 346 g/mol. The van der Waals surface area contributed by atoms with Crippen molar-refractivity contribution in [3.05, 3.63) is 28.0 Å². The van der Waals surface area contributed by atoms with Gasteiger partial charge in [-0.3, -0.25) is 0 Å². The van der Waals surface area contributed by atoms with Crippen molar-refractivity contribution in [2.24, 2.45) is 0 Å². The lowest BCUT2D eigenvalue weighted by Gasteiger charge is -2.06. The van der Waals surface area contributed by atoms with Gasteiger partial charge < -0.3 is 4.74 Å². The molecule has 0 radical (unpaired) electrons. The molecule has 0 atom stereocenters. The molecule has 0 aliphatic carbocycles. The minimum Gasteiger partial charge on any atom is -0.462 e. The van der Waals surface area contributed by atoms with E-state index in [-0.39, 0.29) is 11.1 Å². The van der Waals surface area contributed by atoms with E-state index < -0.39 is 31.3 Å². The predicted octanol–water partition coefficient (Wildman–Crippen LogP) is 2.69. The van der Waals surface area contributed by atoms with Crippen LogP contribution in [0.3, 0.4) is 0 Å². The molecule has 0 N–H and O–H groups in total. The highest BCUT2D eigenvalue weighted by Gasteiger charge is 2.24. The van der Waals surface area contributed by atoms with Crippen molar-refractivity contribution < 1.29 is 22.3 Å². The molecule has 0 spiro atoms. The van der Waals surface area contributed by atoms with Crippen LogP contribution >= 0.6 is 26.6 Å². The fourth-order valence-corrected chi connectivity index (χ4v) is 2.64. The summed E-state index contributed by atoms with van der Waals surface area (Å²) in [6.07, 6.45) is 0. The second-order valence-corrected chi connectivity index (χ2v) is 6.37. The molecule has 0 fully saturated rings. The summed E-state index contributed by atoms with van der Waals surface area (Å²) in [7, 11) is 0.781. The van der Waals surface area contributed by atoms with E-state index in [0.717, 1.165) is 12.1 Å². The summed E-state index contributed by atoms with van der Waals surface area (Å²) in [6, 6.07) is 2.10. The Morgan fingerprint density at radius 1 is 1.53 bits per heavy atom. The maximum absolute atomic E-state index is 13.7. The van der Waals surface area contributed by atoms with E-state index in [1.165, 1.54) is 0 Å². The number of carbonyl (C=O) groups is 1. The van der Waals surface area contributed by atoms with Crippen molar-refractivity contribution in [3.63, 3.8) is 0 Å². The Hall–Kier alpha value is -0.660. The van der Waals surface area contributed by atoms with Gasteiger partial charge in [0.25, 0.3) is 9.05 Å². The van der Waals surface area contributed by atoms with Crippen molar-refractivity contribution in [1.29, 1.82) is 0 Å². The van der Waals surface area contributed by atoms with Crippen LogP contribution < -0.4 is 0 Å². The van der Waals surface area contributed by atoms with Gasteiger partial charge in [-0.25, -0.2) is 17.6 Å². The average Bonchev–Trinajstić information content (AvgIpc) is 2.19. The fraction of sp³-hybridized carbons (Fsp3) is 0.222. The molecule has 17 heavy (non-hydrogen) atoms. The topological polar surface area (TPSA) is 60.4 Å². The Labute approximate surface area is 110 Å². The third kappa shape index (κ3) is 3.40. The van der Waals surface area contributed by atoms with E-state index >= 15 is 0 Å². The Morgan fingerprint density at radius 2 is 2.12 bits per heavy atom. The van der Waals surface area contributed by atoms with Crippen molar-refractivity contribution in [1.82, 2.24) is 0 Å². The molecule has 0 aromatic heterocycles. The van der Waals surface area contributed by atoms with Gasteiger partial charge >= 0.3 is 5.97 Å². The van der Waals surface area contributed by atoms with Crippen molar-refractivity contribution in [3.8, 4) is 0 Å². The first kappa shape index (κ1) is 14.4. The lowest BCUT2D eigenvalue weighted by Crippen LogP contribution is -2.10. The van der Waals surface area contributed by atoms with Crippen LogP contribution in [0.2, 0.25) is 0 Å². The van der Waals surface area contributed by atoms with Crippen LogP contribution in [0.15, 0.2) is 21.5 Å². The minimum absolute atomic E-state index is 0.0494. The molecule has 0 amide bonds. The highest BCUT2D eigenvalue weighted by molar-refractivity contribution is 9.10. The first-order chi connectivity index (χ1) is 7.77. The number of benzene rings is 1. The molecule has 0 heterocycles. The Kier molecular flexibility index (Phi) is 4.51. The van der Waals surface area contributed by atoms with E-state index in [0.29, 0.717) is 0 Å². The molecule has 0 saturated carbocycles. The molecule has 0 aliphatic rings. The SMILES string of the molecule is CCOC(=O)c1cc(Br)cc(S(=O)(=O)Cl)c1F. The van der Waals surface area contributed by atoms with Crippen molar-refractivity contribution in [2.45, 2.75) is 11.8 Å². The smallest absolute Gasteiger partial charge is 0.341 e. The molecular weight excluding hydrogens is 339 g/mol. The summed E-state index contributed by atoms with van der Waals surface area (Å²) in [5.74, 6) is -2.17. The second-order valence-electron chi connectivity index (χ2n) is 2.92. The zero-order valence-corrected chi connectivity index (χ0v) is 11.7. The first-order valence-electron chi connectivity index (χ1n) is 4.38. The molecule has 0 aliphatic heterocycles. The Bertz CT molecular complexity index is 558. The summed E-state index contributed by atoms with van der Waals surface area (Å²) in [4.78, 5) is 10.6. The fourth-order valence-electron chi connectivity index (χ4n) is 1.10. The largest absolute Gasteiger partial charge is 0.462 e. The van der Waals surface area contributed by atoms with E-state index in [2.05, 4.69) is 20.7 Å². The molecule has 1 aromatic carbocycles. The van der Waals surface area contributed by atoms with E-state index in [1.54, 1.807) is 6.92 Å². The van der Waals surface area contributed by atoms with Crippen LogP contribution in [0, 0.1) is 5.82 Å². The van der Waals surface area contributed by atoms with Gasteiger partial charge in [0.2, 0.25) is 0 Å². The number of hydrogen-bond donors (Lipinski definition) is 0. The molecule has 0 bridgehead atoms. The van der Waals surface area contributed by atoms with Crippen molar-refractivity contribution >= 4 is 41.6 Å². The quantitative estimate of drug-likeness (QED) is 0.624. The van der Waals surface area contributed by atoms with E-state index in [9.17, 15) is 17.6 Å². The number of halogens is 3. The normalized spacial score (nSPS) is 11.3. The molecule has 1 rings (SSSR count). The highest BCUT2D eigenvalue weighted by Crippen LogP contribution is 2.26. The van der Waals surface area contributed by atoms with Crippen LogP contribution in [0.1, 0.15) is 17.3 Å². The number of rotatable bonds is 3. The molecule has 8 heteroatoms. The van der Waals surface area contributed by atoms with E-state index in [4.69, 9.17) is 10.7 Å². The Balaban J connectivity index is 3.44. The lowest BCUT2D eigenvalue weighted by molar-refractivity contribution is 0.0520. The van der Waals surface area contributed by atoms with Gasteiger partial charge in [0.1, 0.15) is 4.90 Å². The summed E-state index contributed by atoms with van der Waals surface area (Å²) in [6.45, 7) is 1.60. The molecule has 0 unspecified atom stereocenters. The molecule has 4 nitrogen and oxygen atoms in total. The summed E-state index contributed by atoms with van der Waals surface area (Å²) in [5.41, 5.74) is -0.486. The summed E-state index contributed by atoms with van der Waals surface area (Å²) >= 11 is 2.96. The van der Waals surface area contributed by atoms with Gasteiger partial charge in [0, 0.05) is 15.2 Å². The van der Waals surface area contributed by atoms with Gasteiger partial charge in [-0.05, 0) is 19.1 Å². The monoisotopic (exact) mass is 344 g/mol. The van der Waals surface area contributed by atoms with Crippen LogP contribution in [-0.4, -0.2) is 21.0 Å². The van der Waals surface area contributed by atoms with E-state index in [1.807, 2.05) is 0 Å². The second kappa shape index (κ2) is 5.32. The maximum Gasteiger partial charge on any atom is 0.341 e. The van der Waals surface area contributed by atoms with Gasteiger partial charge in [0.05, 0.1) is 12.2 Å². The van der Waals surface area contributed by atoms with Gasteiger partial charge in [-0.1, -0.05) is 15.9 Å². The lowest BCUT2D eigenvalue weighted by atomic mass is 10.2. The number of ether oxygens (including phenoxy) is 1. The highest BCUT2D eigenvalue weighted by atomic mass is 79.9. The van der Waals surface area contributed by atoms with Crippen LogP contribution in [0.25, 0.3) is 0 Å². The van der Waals surface area contributed by atoms with Crippen molar-refractivity contribution in [2.75, 3.05) is 6.61 Å². The third-order valence-electron chi connectivity index (χ3n) is 1.76. The zero-order valence-electron chi connectivity index (χ0n) is 8.54. The standard InChI is InChI=1S/C9H7BrClFO4S/c1-2-16-9(13)6-3-5(10)4-7(8(6)12)17(11,14)15/h3-4H,2H2,1H3. The third-order valence-corrected chi connectivity index (χ3v) is 3.54. The number of esters is 1. The number of hydrogen-bond acceptors (Lipinski definition) is 4. The zero-order chi connectivity index (χ0) is 13.2. The van der Waals surface area contributed by atoms with Gasteiger partial charge in [-0.15, -0.1) is 0 Å². The first-order valence-corrected chi connectivity index (χ1v) is 7.48. The molecule has 0 saturated heterocycles. The van der Waals surface area contributed by atoms with Crippen LogP contribution in [-0.2, 0) is 13.8 Å². The predicted molar refractivity (Wildman–Crippen MR) is 63.1 cm³/mol. The van der Waals surface area contributed by atoms with Crippen LogP contribution in [0.4, 0.5) is 4.39 Å². The molecule has 94 valence electrons. The van der Waals surface area contributed by atoms with Gasteiger partial charge in [-0.2, -0.15) is 0 Å². The van der Waals surface area contributed by atoms with Crippen LogP contribution in [0.5, 0.6) is 0 Å². The molecular formula is C9H7BrClFO4S. The maximum atomic E-state index is 13.7. The summed E-state index contributed by atoms with van der Waals surface area (Å²) in [5, 5.41) is 0. The summed E-state index contributed by atoms with van der Waals surface area (Å²) < 4.78 is 40.7.